The normalized spacial score (nSPS) is 11.2. The van der Waals surface area contributed by atoms with E-state index in [1.54, 1.807) is 0 Å². The quantitative estimate of drug-likeness (QED) is 0.692. The molecule has 0 radical (unpaired) electrons. The number of aryl methyl sites for hydroxylation is 1. The molecule has 96 valence electrons. The first kappa shape index (κ1) is 13.6. The lowest BCUT2D eigenvalue weighted by Gasteiger charge is -2.23. The highest BCUT2D eigenvalue weighted by atomic mass is 16.5. The fourth-order valence-corrected chi connectivity index (χ4v) is 1.32. The van der Waals surface area contributed by atoms with Gasteiger partial charge in [-0.1, -0.05) is 6.92 Å². The SMILES string of the molecule is CCc1nnc(CN(CC(=O)OC)C(C)C)o1. The van der Waals surface area contributed by atoms with Crippen LogP contribution in [-0.2, 0) is 22.5 Å². The summed E-state index contributed by atoms with van der Waals surface area (Å²) in [6.45, 7) is 6.63. The van der Waals surface area contributed by atoms with Gasteiger partial charge in [-0.15, -0.1) is 10.2 Å². The Morgan fingerprint density at radius 1 is 1.41 bits per heavy atom. The number of carbonyl (C=O) groups is 1. The third-order valence-electron chi connectivity index (χ3n) is 2.44. The number of ether oxygens (including phenoxy) is 1. The van der Waals surface area contributed by atoms with Crippen LogP contribution in [0, 0.1) is 0 Å². The molecule has 0 N–H and O–H groups in total. The Bertz CT molecular complexity index is 363. The molecule has 0 atom stereocenters. The molecule has 1 aromatic rings. The maximum Gasteiger partial charge on any atom is 0.319 e. The molecule has 6 heteroatoms. The van der Waals surface area contributed by atoms with Crippen molar-refractivity contribution in [2.75, 3.05) is 13.7 Å². The van der Waals surface area contributed by atoms with Crippen molar-refractivity contribution in [2.45, 2.75) is 39.8 Å². The molecule has 0 aliphatic heterocycles. The molecule has 0 spiro atoms. The van der Waals surface area contributed by atoms with Crippen molar-refractivity contribution >= 4 is 5.97 Å². The second kappa shape index (κ2) is 6.34. The van der Waals surface area contributed by atoms with Gasteiger partial charge in [-0.2, -0.15) is 0 Å². The van der Waals surface area contributed by atoms with Gasteiger partial charge in [-0.3, -0.25) is 9.69 Å². The smallest absolute Gasteiger partial charge is 0.319 e. The molecular formula is C11H19N3O3. The minimum atomic E-state index is -0.270. The van der Waals surface area contributed by atoms with Crippen LogP contribution < -0.4 is 0 Å². The van der Waals surface area contributed by atoms with Gasteiger partial charge in [0, 0.05) is 12.5 Å². The molecule has 17 heavy (non-hydrogen) atoms. The summed E-state index contributed by atoms with van der Waals surface area (Å²) in [4.78, 5) is 13.2. The molecule has 0 aromatic carbocycles. The number of hydrogen-bond donors (Lipinski definition) is 0. The third-order valence-corrected chi connectivity index (χ3v) is 2.44. The lowest BCUT2D eigenvalue weighted by atomic mass is 10.3. The summed E-state index contributed by atoms with van der Waals surface area (Å²) in [6, 6.07) is 0.200. The largest absolute Gasteiger partial charge is 0.468 e. The summed E-state index contributed by atoms with van der Waals surface area (Å²) in [6.07, 6.45) is 0.714. The Balaban J connectivity index is 2.63. The lowest BCUT2D eigenvalue weighted by Crippen LogP contribution is -2.35. The van der Waals surface area contributed by atoms with Crippen molar-refractivity contribution in [3.8, 4) is 0 Å². The first-order valence-electron chi connectivity index (χ1n) is 5.69. The number of rotatable bonds is 6. The Labute approximate surface area is 101 Å². The van der Waals surface area contributed by atoms with E-state index in [0.717, 1.165) is 0 Å². The second-order valence-electron chi connectivity index (χ2n) is 4.02. The Morgan fingerprint density at radius 3 is 2.53 bits per heavy atom. The van der Waals surface area contributed by atoms with Crippen LogP contribution in [0.5, 0.6) is 0 Å². The first-order valence-corrected chi connectivity index (χ1v) is 5.69. The Kier molecular flexibility index (Phi) is 5.09. The minimum Gasteiger partial charge on any atom is -0.468 e. The van der Waals surface area contributed by atoms with Crippen LogP contribution >= 0.6 is 0 Å². The predicted octanol–water partition coefficient (Wildman–Crippen LogP) is 1.02. The molecule has 0 bridgehead atoms. The van der Waals surface area contributed by atoms with Crippen molar-refractivity contribution in [1.82, 2.24) is 15.1 Å². The maximum absolute atomic E-state index is 11.2. The summed E-state index contributed by atoms with van der Waals surface area (Å²) in [5.41, 5.74) is 0. The number of esters is 1. The zero-order chi connectivity index (χ0) is 12.8. The molecule has 0 fully saturated rings. The molecule has 1 rings (SSSR count). The summed E-state index contributed by atoms with van der Waals surface area (Å²) in [5, 5.41) is 7.82. The third kappa shape index (κ3) is 4.14. The van der Waals surface area contributed by atoms with E-state index in [2.05, 4.69) is 14.9 Å². The number of hydrogen-bond acceptors (Lipinski definition) is 6. The van der Waals surface area contributed by atoms with Gasteiger partial charge in [0.15, 0.2) is 0 Å². The summed E-state index contributed by atoms with van der Waals surface area (Å²) in [5.74, 6) is 0.871. The van der Waals surface area contributed by atoms with Crippen molar-refractivity contribution < 1.29 is 13.9 Å². The fourth-order valence-electron chi connectivity index (χ4n) is 1.32. The standard InChI is InChI=1S/C11H19N3O3/c1-5-9-12-13-10(17-9)6-14(8(2)3)7-11(15)16-4/h8H,5-7H2,1-4H3. The highest BCUT2D eigenvalue weighted by Gasteiger charge is 2.17. The van der Waals surface area contributed by atoms with E-state index >= 15 is 0 Å². The molecule has 0 aliphatic rings. The molecule has 0 unspecified atom stereocenters. The Morgan fingerprint density at radius 2 is 2.06 bits per heavy atom. The van der Waals surface area contributed by atoms with Gasteiger partial charge in [0.25, 0.3) is 0 Å². The van der Waals surface area contributed by atoms with E-state index in [0.29, 0.717) is 24.7 Å². The van der Waals surface area contributed by atoms with Crippen LogP contribution in [0.25, 0.3) is 0 Å². The van der Waals surface area contributed by atoms with Crippen molar-refractivity contribution in [1.29, 1.82) is 0 Å². The second-order valence-corrected chi connectivity index (χ2v) is 4.02. The molecule has 1 heterocycles. The van der Waals surface area contributed by atoms with E-state index in [-0.39, 0.29) is 18.6 Å². The van der Waals surface area contributed by atoms with E-state index < -0.39 is 0 Å². The van der Waals surface area contributed by atoms with Gasteiger partial charge >= 0.3 is 5.97 Å². The van der Waals surface area contributed by atoms with Gasteiger partial charge in [-0.05, 0) is 13.8 Å². The highest BCUT2D eigenvalue weighted by molar-refractivity contribution is 5.71. The topological polar surface area (TPSA) is 68.5 Å². The average Bonchev–Trinajstić information content (AvgIpc) is 2.75. The molecule has 0 saturated heterocycles. The van der Waals surface area contributed by atoms with Crippen LogP contribution in [0.3, 0.4) is 0 Å². The van der Waals surface area contributed by atoms with Gasteiger partial charge in [-0.25, -0.2) is 0 Å². The number of nitrogens with zero attached hydrogens (tertiary/aromatic N) is 3. The zero-order valence-corrected chi connectivity index (χ0v) is 10.8. The molecule has 6 nitrogen and oxygen atoms in total. The van der Waals surface area contributed by atoms with Crippen LogP contribution in [0.2, 0.25) is 0 Å². The molecule has 0 aliphatic carbocycles. The monoisotopic (exact) mass is 241 g/mol. The molecule has 0 saturated carbocycles. The van der Waals surface area contributed by atoms with Crippen LogP contribution in [0.1, 0.15) is 32.6 Å². The van der Waals surface area contributed by atoms with Crippen molar-refractivity contribution in [3.63, 3.8) is 0 Å². The van der Waals surface area contributed by atoms with Gasteiger partial charge in [0.05, 0.1) is 20.2 Å². The number of carbonyl (C=O) groups excluding carboxylic acids is 1. The Hall–Kier alpha value is -1.43. The van der Waals surface area contributed by atoms with Gasteiger partial charge < -0.3 is 9.15 Å². The predicted molar refractivity (Wildman–Crippen MR) is 61.2 cm³/mol. The summed E-state index contributed by atoms with van der Waals surface area (Å²) < 4.78 is 10.1. The van der Waals surface area contributed by atoms with Crippen molar-refractivity contribution in [3.05, 3.63) is 11.8 Å². The van der Waals surface area contributed by atoms with E-state index in [1.165, 1.54) is 7.11 Å². The van der Waals surface area contributed by atoms with Crippen molar-refractivity contribution in [2.24, 2.45) is 0 Å². The van der Waals surface area contributed by atoms with Gasteiger partial charge in [0.1, 0.15) is 0 Å². The summed E-state index contributed by atoms with van der Waals surface area (Å²) in [7, 11) is 1.38. The first-order chi connectivity index (χ1) is 8.06. The molecular weight excluding hydrogens is 222 g/mol. The maximum atomic E-state index is 11.2. The van der Waals surface area contributed by atoms with E-state index in [9.17, 15) is 4.79 Å². The van der Waals surface area contributed by atoms with Crippen LogP contribution in [-0.4, -0.2) is 40.8 Å². The zero-order valence-electron chi connectivity index (χ0n) is 10.8. The molecule has 1 aromatic heterocycles. The number of aromatic nitrogens is 2. The van der Waals surface area contributed by atoms with Crippen LogP contribution in [0.15, 0.2) is 4.42 Å². The fraction of sp³-hybridized carbons (Fsp3) is 0.727. The lowest BCUT2D eigenvalue weighted by molar-refractivity contribution is -0.142. The summed E-state index contributed by atoms with van der Waals surface area (Å²) >= 11 is 0. The highest BCUT2D eigenvalue weighted by Crippen LogP contribution is 2.08. The number of methoxy groups -OCH3 is 1. The van der Waals surface area contributed by atoms with E-state index in [4.69, 9.17) is 4.42 Å². The van der Waals surface area contributed by atoms with Crippen LogP contribution in [0.4, 0.5) is 0 Å². The van der Waals surface area contributed by atoms with Gasteiger partial charge in [0.2, 0.25) is 11.8 Å². The average molecular weight is 241 g/mol. The van der Waals surface area contributed by atoms with E-state index in [1.807, 2.05) is 25.7 Å². The molecule has 0 amide bonds. The minimum absolute atomic E-state index is 0.200.